The second-order valence-corrected chi connectivity index (χ2v) is 8.55. The molecule has 0 aromatic carbocycles. The Morgan fingerprint density at radius 3 is 2.58 bits per heavy atom. The van der Waals surface area contributed by atoms with Gasteiger partial charge < -0.3 is 10.3 Å². The number of aromatic nitrogens is 5. The second kappa shape index (κ2) is 8.70. The van der Waals surface area contributed by atoms with Gasteiger partial charge in [0.25, 0.3) is 5.56 Å². The van der Waals surface area contributed by atoms with Gasteiger partial charge in [0.05, 0.1) is 6.04 Å². The van der Waals surface area contributed by atoms with E-state index in [4.69, 9.17) is 5.41 Å². The molecule has 0 spiro atoms. The van der Waals surface area contributed by atoms with Crippen molar-refractivity contribution in [2.24, 2.45) is 0 Å². The van der Waals surface area contributed by atoms with Crippen LogP contribution < -0.4 is 10.9 Å². The summed E-state index contributed by atoms with van der Waals surface area (Å²) in [6.07, 6.45) is 1.32. The number of hydrogen-bond donors (Lipinski definition) is 3. The molecule has 3 heterocycles. The average molecular weight is 474 g/mol. The molecule has 9 nitrogen and oxygen atoms in total. The lowest BCUT2D eigenvalue weighted by molar-refractivity contribution is -0.137. The Morgan fingerprint density at radius 1 is 1.30 bits per heavy atom. The van der Waals surface area contributed by atoms with E-state index in [0.29, 0.717) is 23.0 Å². The number of nitrogens with zero attached hydrogens (tertiary/aromatic N) is 5. The number of thiazole rings is 1. The van der Waals surface area contributed by atoms with Gasteiger partial charge in [-0.05, 0) is 25.8 Å². The molecule has 4 rings (SSSR count). The van der Waals surface area contributed by atoms with Crippen LogP contribution >= 0.6 is 11.3 Å². The molecule has 0 radical (unpaired) electrons. The monoisotopic (exact) mass is 474 g/mol. The third-order valence-electron chi connectivity index (χ3n) is 5.39. The van der Waals surface area contributed by atoms with Gasteiger partial charge in [0.15, 0.2) is 5.01 Å². The quantitative estimate of drug-likeness (QED) is 0.461. The molecule has 3 N–H and O–H groups in total. The molecule has 170 valence electrons. The summed E-state index contributed by atoms with van der Waals surface area (Å²) in [6, 6.07) is 2.61. The number of halogens is 3. The van der Waals surface area contributed by atoms with Crippen molar-refractivity contribution in [2.75, 3.05) is 5.32 Å². The van der Waals surface area contributed by atoms with Crippen molar-refractivity contribution in [2.45, 2.75) is 43.8 Å². The Bertz CT molecular complexity index is 1280. The van der Waals surface area contributed by atoms with Gasteiger partial charge in [0.2, 0.25) is 0 Å². The first kappa shape index (κ1) is 22.5. The van der Waals surface area contributed by atoms with Crippen LogP contribution in [0.4, 0.5) is 19.0 Å². The highest BCUT2D eigenvalue weighted by atomic mass is 32.1. The highest BCUT2D eigenvalue weighted by Crippen LogP contribution is 2.46. The summed E-state index contributed by atoms with van der Waals surface area (Å²) >= 11 is 0.468. The van der Waals surface area contributed by atoms with E-state index < -0.39 is 28.5 Å². The normalized spacial score (nSPS) is 18.8. The number of anilines is 1. The molecular formula is C20H17F3N8OS. The minimum absolute atomic E-state index is 0.0469. The fourth-order valence-electron chi connectivity index (χ4n) is 3.59. The third kappa shape index (κ3) is 4.47. The van der Waals surface area contributed by atoms with Crippen LogP contribution in [0.15, 0.2) is 29.5 Å². The topological polar surface area (TPSA) is 144 Å². The number of alkyl halides is 3. The third-order valence-corrected chi connectivity index (χ3v) is 6.61. The van der Waals surface area contributed by atoms with Gasteiger partial charge in [-0.2, -0.15) is 18.4 Å². The Hall–Kier alpha value is -3.66. The van der Waals surface area contributed by atoms with Crippen LogP contribution in [-0.4, -0.2) is 30.6 Å². The van der Waals surface area contributed by atoms with Crippen LogP contribution in [-0.2, 0) is 6.18 Å². The van der Waals surface area contributed by atoms with Crippen molar-refractivity contribution in [1.82, 2.24) is 24.9 Å². The molecule has 0 aliphatic heterocycles. The average Bonchev–Trinajstić information content (AvgIpc) is 3.24. The first-order valence-corrected chi connectivity index (χ1v) is 10.7. The largest absolute Gasteiger partial charge is 0.443 e. The minimum Gasteiger partial charge on any atom is -0.362 e. The van der Waals surface area contributed by atoms with E-state index in [9.17, 15) is 23.2 Å². The summed E-state index contributed by atoms with van der Waals surface area (Å²) in [6.45, 7) is 1.58. The molecule has 33 heavy (non-hydrogen) atoms. The predicted octanol–water partition coefficient (Wildman–Crippen LogP) is 3.76. The molecule has 1 aliphatic rings. The van der Waals surface area contributed by atoms with E-state index >= 15 is 0 Å². The maximum absolute atomic E-state index is 12.9. The van der Waals surface area contributed by atoms with Crippen LogP contribution in [0.5, 0.6) is 0 Å². The number of nitrogens with one attached hydrogen (secondary N) is 3. The molecule has 0 saturated heterocycles. The van der Waals surface area contributed by atoms with Crippen LogP contribution in [0.3, 0.4) is 0 Å². The Kier molecular flexibility index (Phi) is 5.94. The smallest absolute Gasteiger partial charge is 0.362 e. The zero-order valence-corrected chi connectivity index (χ0v) is 18.0. The molecule has 1 fully saturated rings. The Morgan fingerprint density at radius 2 is 2.00 bits per heavy atom. The van der Waals surface area contributed by atoms with Gasteiger partial charge in [-0.1, -0.05) is 0 Å². The summed E-state index contributed by atoms with van der Waals surface area (Å²) in [4.78, 5) is 32.1. The zero-order valence-electron chi connectivity index (χ0n) is 17.1. The maximum Gasteiger partial charge on any atom is 0.443 e. The molecule has 3 unspecified atom stereocenters. The number of hydrogen-bond acceptors (Lipinski definition) is 9. The van der Waals surface area contributed by atoms with Crippen molar-refractivity contribution >= 4 is 22.9 Å². The molecule has 3 aromatic rings. The molecule has 1 saturated carbocycles. The van der Waals surface area contributed by atoms with E-state index in [0.717, 1.165) is 19.0 Å². The van der Waals surface area contributed by atoms with Crippen molar-refractivity contribution < 1.29 is 13.2 Å². The van der Waals surface area contributed by atoms with Gasteiger partial charge in [-0.25, -0.2) is 19.9 Å². The fourth-order valence-corrected chi connectivity index (χ4v) is 4.38. The zero-order chi connectivity index (χ0) is 23.8. The highest BCUT2D eigenvalue weighted by Gasteiger charge is 2.38. The van der Waals surface area contributed by atoms with Gasteiger partial charge in [-0.15, -0.1) is 11.3 Å². The van der Waals surface area contributed by atoms with Gasteiger partial charge in [0, 0.05) is 35.3 Å². The summed E-state index contributed by atoms with van der Waals surface area (Å²) in [5, 5.41) is 18.9. The van der Waals surface area contributed by atoms with Crippen molar-refractivity contribution in [3.63, 3.8) is 0 Å². The van der Waals surface area contributed by atoms with Gasteiger partial charge in [-0.3, -0.25) is 10.2 Å². The molecular weight excluding hydrogens is 457 g/mol. The van der Waals surface area contributed by atoms with Crippen LogP contribution in [0.2, 0.25) is 0 Å². The summed E-state index contributed by atoms with van der Waals surface area (Å²) in [5.74, 6) is 0.679. The number of nitriles is 1. The van der Waals surface area contributed by atoms with Crippen LogP contribution in [0.25, 0.3) is 0 Å². The van der Waals surface area contributed by atoms with E-state index in [1.807, 2.05) is 0 Å². The molecule has 0 amide bonds. The maximum atomic E-state index is 12.9. The summed E-state index contributed by atoms with van der Waals surface area (Å²) < 4.78 is 38.8. The number of H-pyrrole nitrogens is 1. The SMILES string of the molecule is CC(Nc1nc(C2CCC2c2ncccn2)[nH]c(=O)c1C(=N)C#N)c1cnc(C(F)(F)F)s1. The lowest BCUT2D eigenvalue weighted by atomic mass is 9.72. The molecule has 1 aliphatic carbocycles. The van der Waals surface area contributed by atoms with E-state index in [1.54, 1.807) is 31.5 Å². The van der Waals surface area contributed by atoms with Crippen molar-refractivity contribution in [3.05, 3.63) is 62.1 Å². The summed E-state index contributed by atoms with van der Waals surface area (Å²) in [7, 11) is 0. The molecule has 13 heteroatoms. The molecule has 3 aromatic heterocycles. The van der Waals surface area contributed by atoms with Crippen LogP contribution in [0, 0.1) is 16.7 Å². The predicted molar refractivity (Wildman–Crippen MR) is 113 cm³/mol. The lowest BCUT2D eigenvalue weighted by Gasteiger charge is -2.34. The fraction of sp³-hybridized carbons (Fsp3) is 0.350. The highest BCUT2D eigenvalue weighted by molar-refractivity contribution is 7.11. The second-order valence-electron chi connectivity index (χ2n) is 7.49. The molecule has 0 bridgehead atoms. The Balaban J connectivity index is 1.68. The number of rotatable bonds is 6. The minimum atomic E-state index is -4.56. The lowest BCUT2D eigenvalue weighted by Crippen LogP contribution is -2.30. The van der Waals surface area contributed by atoms with E-state index in [1.165, 1.54) is 0 Å². The summed E-state index contributed by atoms with van der Waals surface area (Å²) in [5.41, 5.74) is -1.57. The first-order chi connectivity index (χ1) is 15.7. The first-order valence-electron chi connectivity index (χ1n) is 9.88. The van der Waals surface area contributed by atoms with Gasteiger partial charge >= 0.3 is 6.18 Å². The molecule has 3 atom stereocenters. The van der Waals surface area contributed by atoms with Gasteiger partial charge in [0.1, 0.15) is 34.8 Å². The Labute approximate surface area is 189 Å². The van der Waals surface area contributed by atoms with Crippen LogP contribution in [0.1, 0.15) is 64.7 Å². The standard InChI is InChI=1S/C20H17F3N8OS/c1-9(13-8-28-19(33-13)20(21,22)23)29-17-14(12(25)7-24)18(32)31-16(30-17)11-4-3-10(11)15-26-5-2-6-27-15/h2,5-6,8-11,25H,3-4H2,1H3,(H2,29,30,31,32). The van der Waals surface area contributed by atoms with E-state index in [-0.39, 0.29) is 28.1 Å². The van der Waals surface area contributed by atoms with E-state index in [2.05, 4.69) is 30.2 Å². The number of aromatic amines is 1. The van der Waals surface area contributed by atoms with Crippen molar-refractivity contribution in [1.29, 1.82) is 10.7 Å². The van der Waals surface area contributed by atoms with Crippen molar-refractivity contribution in [3.8, 4) is 6.07 Å².